The Kier molecular flexibility index (Phi) is 5.45. The molecular formula is C13H22O4. The van der Waals surface area contributed by atoms with Crippen molar-refractivity contribution in [1.82, 2.24) is 0 Å². The number of carbonyl (C=O) groups is 2. The lowest BCUT2D eigenvalue weighted by molar-refractivity contribution is -0.143. The highest BCUT2D eigenvalue weighted by atomic mass is 16.4. The van der Waals surface area contributed by atoms with Crippen LogP contribution in [-0.2, 0) is 9.59 Å². The van der Waals surface area contributed by atoms with Crippen LogP contribution >= 0.6 is 0 Å². The number of hydrogen-bond acceptors (Lipinski definition) is 2. The Balaban J connectivity index is 1.88. The summed E-state index contributed by atoms with van der Waals surface area (Å²) in [4.78, 5) is 21.2. The van der Waals surface area contributed by atoms with Gasteiger partial charge in [0.2, 0.25) is 0 Å². The Bertz CT molecular complexity index is 269. The molecule has 1 fully saturated rings. The van der Waals surface area contributed by atoms with Gasteiger partial charge >= 0.3 is 11.9 Å². The normalized spacial score (nSPS) is 16.7. The molecule has 0 aliphatic heterocycles. The van der Waals surface area contributed by atoms with E-state index in [-0.39, 0.29) is 11.8 Å². The molecule has 0 radical (unpaired) electrons. The van der Waals surface area contributed by atoms with Crippen LogP contribution in [0.4, 0.5) is 0 Å². The van der Waals surface area contributed by atoms with Gasteiger partial charge in [0.15, 0.2) is 0 Å². The lowest BCUT2D eigenvalue weighted by Gasteiger charge is -2.08. The molecule has 0 unspecified atom stereocenters. The van der Waals surface area contributed by atoms with Crippen molar-refractivity contribution >= 4 is 11.9 Å². The third kappa shape index (κ3) is 5.20. The minimum atomic E-state index is -0.720. The van der Waals surface area contributed by atoms with Crippen LogP contribution in [0.5, 0.6) is 0 Å². The summed E-state index contributed by atoms with van der Waals surface area (Å²) >= 11 is 0. The van der Waals surface area contributed by atoms with Gasteiger partial charge in [-0.1, -0.05) is 32.1 Å². The number of carboxylic acids is 2. The van der Waals surface area contributed by atoms with Gasteiger partial charge in [-0.25, -0.2) is 0 Å². The van der Waals surface area contributed by atoms with E-state index in [4.69, 9.17) is 10.2 Å². The van der Waals surface area contributed by atoms with Crippen molar-refractivity contribution in [3.05, 3.63) is 0 Å². The van der Waals surface area contributed by atoms with Crippen LogP contribution < -0.4 is 0 Å². The van der Waals surface area contributed by atoms with Gasteiger partial charge in [-0.2, -0.15) is 0 Å². The lowest BCUT2D eigenvalue weighted by Crippen LogP contribution is -2.14. The Hall–Kier alpha value is -1.06. The van der Waals surface area contributed by atoms with E-state index in [1.807, 2.05) is 0 Å². The molecule has 0 heterocycles. The van der Waals surface area contributed by atoms with Crippen LogP contribution in [0.25, 0.3) is 0 Å². The van der Waals surface area contributed by atoms with Crippen molar-refractivity contribution in [1.29, 1.82) is 0 Å². The zero-order valence-corrected chi connectivity index (χ0v) is 10.3. The number of hydrogen-bond donors (Lipinski definition) is 2. The standard InChI is InChI=1S/C13H22O4/c14-11(15)7-5-3-1-2-4-6-8-13(9-10-13)12(16)17/h1-10H2,(H,14,15)(H,16,17). The van der Waals surface area contributed by atoms with E-state index in [2.05, 4.69) is 0 Å². The van der Waals surface area contributed by atoms with Crippen LogP contribution in [0.2, 0.25) is 0 Å². The van der Waals surface area contributed by atoms with E-state index in [0.717, 1.165) is 57.8 Å². The summed E-state index contributed by atoms with van der Waals surface area (Å²) in [5, 5.41) is 17.4. The van der Waals surface area contributed by atoms with Gasteiger partial charge in [0.05, 0.1) is 5.41 Å². The minimum Gasteiger partial charge on any atom is -0.481 e. The highest BCUT2D eigenvalue weighted by Gasteiger charge is 2.49. The molecule has 4 nitrogen and oxygen atoms in total. The molecule has 4 heteroatoms. The first-order valence-corrected chi connectivity index (χ1v) is 6.52. The molecule has 1 saturated carbocycles. The summed E-state index contributed by atoms with van der Waals surface area (Å²) in [5.41, 5.74) is -0.372. The molecule has 1 aliphatic rings. The van der Waals surface area contributed by atoms with Gasteiger partial charge in [0.25, 0.3) is 0 Å². The first kappa shape index (κ1) is 14.0. The molecule has 0 amide bonds. The third-order valence-electron chi connectivity index (χ3n) is 3.60. The fourth-order valence-electron chi connectivity index (χ4n) is 2.17. The number of unbranched alkanes of at least 4 members (excludes halogenated alkanes) is 5. The molecule has 0 aromatic carbocycles. The van der Waals surface area contributed by atoms with Crippen LogP contribution in [0.15, 0.2) is 0 Å². The van der Waals surface area contributed by atoms with E-state index >= 15 is 0 Å². The summed E-state index contributed by atoms with van der Waals surface area (Å²) in [6.45, 7) is 0. The summed E-state index contributed by atoms with van der Waals surface area (Å²) < 4.78 is 0. The number of aliphatic carboxylic acids is 2. The van der Waals surface area contributed by atoms with Gasteiger partial charge in [-0.3, -0.25) is 9.59 Å². The largest absolute Gasteiger partial charge is 0.481 e. The first-order valence-electron chi connectivity index (χ1n) is 6.52. The van der Waals surface area contributed by atoms with E-state index in [1.165, 1.54) is 0 Å². The van der Waals surface area contributed by atoms with Gasteiger partial charge in [0.1, 0.15) is 0 Å². The van der Waals surface area contributed by atoms with E-state index in [9.17, 15) is 9.59 Å². The van der Waals surface area contributed by atoms with Crippen molar-refractivity contribution in [2.75, 3.05) is 0 Å². The van der Waals surface area contributed by atoms with Crippen LogP contribution in [0.3, 0.4) is 0 Å². The molecule has 17 heavy (non-hydrogen) atoms. The molecule has 98 valence electrons. The fraction of sp³-hybridized carbons (Fsp3) is 0.846. The number of rotatable bonds is 10. The molecule has 0 bridgehead atoms. The van der Waals surface area contributed by atoms with Crippen molar-refractivity contribution in [3.8, 4) is 0 Å². The molecule has 0 atom stereocenters. The highest BCUT2D eigenvalue weighted by molar-refractivity contribution is 5.77. The monoisotopic (exact) mass is 242 g/mol. The highest BCUT2D eigenvalue weighted by Crippen LogP contribution is 2.50. The maximum Gasteiger partial charge on any atom is 0.309 e. The third-order valence-corrected chi connectivity index (χ3v) is 3.60. The molecular weight excluding hydrogens is 220 g/mol. The van der Waals surface area contributed by atoms with Crippen molar-refractivity contribution in [2.45, 2.75) is 64.2 Å². The smallest absolute Gasteiger partial charge is 0.309 e. The zero-order valence-electron chi connectivity index (χ0n) is 10.3. The van der Waals surface area contributed by atoms with Crippen molar-refractivity contribution < 1.29 is 19.8 Å². The van der Waals surface area contributed by atoms with Crippen molar-refractivity contribution in [2.24, 2.45) is 5.41 Å². The Morgan fingerprint density at radius 3 is 1.88 bits per heavy atom. The molecule has 1 rings (SSSR count). The molecule has 0 aromatic heterocycles. The second-order valence-electron chi connectivity index (χ2n) is 5.10. The number of carboxylic acid groups (broad SMARTS) is 2. The average molecular weight is 242 g/mol. The fourth-order valence-corrected chi connectivity index (χ4v) is 2.17. The Morgan fingerprint density at radius 1 is 0.882 bits per heavy atom. The van der Waals surface area contributed by atoms with Crippen LogP contribution in [-0.4, -0.2) is 22.2 Å². The molecule has 2 N–H and O–H groups in total. The van der Waals surface area contributed by atoms with E-state index in [1.54, 1.807) is 0 Å². The zero-order chi connectivity index (χ0) is 12.7. The quantitative estimate of drug-likeness (QED) is 0.577. The second kappa shape index (κ2) is 6.62. The Morgan fingerprint density at radius 2 is 1.41 bits per heavy atom. The first-order chi connectivity index (χ1) is 8.07. The van der Waals surface area contributed by atoms with Gasteiger partial charge in [-0.15, -0.1) is 0 Å². The van der Waals surface area contributed by atoms with Crippen LogP contribution in [0.1, 0.15) is 64.2 Å². The van der Waals surface area contributed by atoms with Gasteiger partial charge < -0.3 is 10.2 Å². The molecule has 0 saturated heterocycles. The minimum absolute atomic E-state index is 0.266. The predicted octanol–water partition coefficient (Wildman–Crippen LogP) is 3.06. The Labute approximate surface area is 102 Å². The summed E-state index contributed by atoms with van der Waals surface area (Å²) in [7, 11) is 0. The topological polar surface area (TPSA) is 74.6 Å². The predicted molar refractivity (Wildman–Crippen MR) is 63.9 cm³/mol. The molecule has 0 spiro atoms. The van der Waals surface area contributed by atoms with E-state index < -0.39 is 11.9 Å². The summed E-state index contributed by atoms with van der Waals surface area (Å²) in [6.07, 6.45) is 8.72. The SMILES string of the molecule is O=C(O)CCCCCCCCC1(C(=O)O)CC1. The molecule has 1 aliphatic carbocycles. The summed E-state index contributed by atoms with van der Waals surface area (Å²) in [5.74, 6) is -1.35. The van der Waals surface area contributed by atoms with Gasteiger partial charge in [-0.05, 0) is 25.7 Å². The summed E-state index contributed by atoms with van der Waals surface area (Å²) in [6, 6.07) is 0. The van der Waals surface area contributed by atoms with Crippen LogP contribution in [0, 0.1) is 5.41 Å². The van der Waals surface area contributed by atoms with Crippen molar-refractivity contribution in [3.63, 3.8) is 0 Å². The molecule has 0 aromatic rings. The average Bonchev–Trinajstić information content (AvgIpc) is 3.02. The second-order valence-corrected chi connectivity index (χ2v) is 5.10. The van der Waals surface area contributed by atoms with E-state index in [0.29, 0.717) is 0 Å². The maximum atomic E-state index is 10.9. The van der Waals surface area contributed by atoms with Gasteiger partial charge in [0, 0.05) is 6.42 Å². The lowest BCUT2D eigenvalue weighted by atomic mass is 9.98. The maximum absolute atomic E-state index is 10.9.